The molecule has 1 aliphatic rings. The van der Waals surface area contributed by atoms with E-state index < -0.39 is 11.6 Å². The molecule has 3 nitrogen and oxygen atoms in total. The second kappa shape index (κ2) is 9.22. The Morgan fingerprint density at radius 3 is 2.14 bits per heavy atom. The van der Waals surface area contributed by atoms with Crippen LogP contribution in [0.2, 0.25) is 0 Å². The molecular formula is C22H25F3O3. The number of ether oxygens (including phenoxy) is 3. The third-order valence-corrected chi connectivity index (χ3v) is 5.28. The highest BCUT2D eigenvalue weighted by molar-refractivity contribution is 5.35. The Morgan fingerprint density at radius 2 is 1.50 bits per heavy atom. The fraction of sp³-hybridized carbons (Fsp3) is 0.455. The van der Waals surface area contributed by atoms with E-state index in [4.69, 9.17) is 14.2 Å². The van der Waals surface area contributed by atoms with Crippen LogP contribution in [0.15, 0.2) is 30.3 Å². The van der Waals surface area contributed by atoms with E-state index in [-0.39, 0.29) is 34.9 Å². The Hall–Kier alpha value is -2.37. The van der Waals surface area contributed by atoms with Crippen molar-refractivity contribution < 1.29 is 27.4 Å². The minimum absolute atomic E-state index is 0.103. The van der Waals surface area contributed by atoms with Gasteiger partial charge in [-0.3, -0.25) is 0 Å². The van der Waals surface area contributed by atoms with Crippen LogP contribution in [-0.2, 0) is 0 Å². The first-order valence-corrected chi connectivity index (χ1v) is 9.60. The third-order valence-electron chi connectivity index (χ3n) is 5.28. The molecule has 0 amide bonds. The van der Waals surface area contributed by atoms with Crippen molar-refractivity contribution in [3.8, 4) is 17.2 Å². The van der Waals surface area contributed by atoms with Gasteiger partial charge in [0.1, 0.15) is 0 Å². The van der Waals surface area contributed by atoms with Gasteiger partial charge in [0.05, 0.1) is 20.3 Å². The van der Waals surface area contributed by atoms with Gasteiger partial charge in [0, 0.05) is 0 Å². The Kier molecular flexibility index (Phi) is 6.70. The first-order chi connectivity index (χ1) is 13.5. The molecule has 0 saturated heterocycles. The van der Waals surface area contributed by atoms with Crippen molar-refractivity contribution in [1.29, 1.82) is 0 Å². The zero-order valence-electron chi connectivity index (χ0n) is 16.1. The van der Waals surface area contributed by atoms with Crippen molar-refractivity contribution in [1.82, 2.24) is 0 Å². The van der Waals surface area contributed by atoms with Gasteiger partial charge in [-0.1, -0.05) is 6.07 Å². The van der Waals surface area contributed by atoms with Crippen molar-refractivity contribution in [2.75, 3.05) is 20.3 Å². The van der Waals surface area contributed by atoms with Crippen LogP contribution in [0.25, 0.3) is 0 Å². The van der Waals surface area contributed by atoms with E-state index in [1.807, 2.05) is 13.0 Å². The Balaban J connectivity index is 1.53. The van der Waals surface area contributed by atoms with Gasteiger partial charge in [-0.05, 0) is 74.3 Å². The molecule has 2 aromatic carbocycles. The predicted octanol–water partition coefficient (Wildman–Crippen LogP) is 5.86. The lowest BCUT2D eigenvalue weighted by Gasteiger charge is -2.29. The van der Waals surface area contributed by atoms with Gasteiger partial charge < -0.3 is 14.2 Å². The average Bonchev–Trinajstić information content (AvgIpc) is 2.71. The highest BCUT2D eigenvalue weighted by Gasteiger charge is 2.24. The van der Waals surface area contributed by atoms with E-state index in [9.17, 15) is 13.2 Å². The van der Waals surface area contributed by atoms with E-state index in [1.54, 1.807) is 12.1 Å². The van der Waals surface area contributed by atoms with Gasteiger partial charge in [0.25, 0.3) is 0 Å². The van der Waals surface area contributed by atoms with Crippen LogP contribution in [-0.4, -0.2) is 20.3 Å². The molecule has 1 aliphatic carbocycles. The molecule has 0 aromatic heterocycles. The molecule has 0 unspecified atom stereocenters. The van der Waals surface area contributed by atoms with E-state index in [0.29, 0.717) is 13.2 Å². The van der Waals surface area contributed by atoms with Crippen molar-refractivity contribution in [3.05, 3.63) is 53.3 Å². The number of hydrogen-bond acceptors (Lipinski definition) is 3. The lowest BCUT2D eigenvalue weighted by molar-refractivity contribution is 0.192. The first-order valence-electron chi connectivity index (χ1n) is 9.60. The van der Waals surface area contributed by atoms with Crippen LogP contribution in [0.3, 0.4) is 0 Å². The lowest BCUT2D eigenvalue weighted by atomic mass is 9.79. The second-order valence-corrected chi connectivity index (χ2v) is 7.05. The summed E-state index contributed by atoms with van der Waals surface area (Å²) in [4.78, 5) is 0. The number of benzene rings is 2. The summed E-state index contributed by atoms with van der Waals surface area (Å²) in [6.45, 7) is 2.58. The summed E-state index contributed by atoms with van der Waals surface area (Å²) in [5.41, 5.74) is 0.976. The fourth-order valence-corrected chi connectivity index (χ4v) is 3.70. The molecule has 1 fully saturated rings. The molecule has 152 valence electrons. The van der Waals surface area contributed by atoms with Gasteiger partial charge in [-0.15, -0.1) is 0 Å². The maximum atomic E-state index is 14.1. The minimum Gasteiger partial charge on any atom is -0.494 e. The van der Waals surface area contributed by atoms with Crippen LogP contribution >= 0.6 is 0 Å². The van der Waals surface area contributed by atoms with Crippen LogP contribution in [0.4, 0.5) is 13.2 Å². The van der Waals surface area contributed by atoms with Crippen LogP contribution < -0.4 is 14.2 Å². The van der Waals surface area contributed by atoms with E-state index in [0.717, 1.165) is 31.2 Å². The van der Waals surface area contributed by atoms with Crippen LogP contribution in [0.5, 0.6) is 17.2 Å². The maximum Gasteiger partial charge on any atom is 0.204 e. The summed E-state index contributed by atoms with van der Waals surface area (Å²) in [6, 6.07) is 7.90. The largest absolute Gasteiger partial charge is 0.494 e. The molecule has 6 heteroatoms. The minimum atomic E-state index is -1.04. The summed E-state index contributed by atoms with van der Waals surface area (Å²) in [5, 5.41) is 0. The lowest BCUT2D eigenvalue weighted by Crippen LogP contribution is -2.19. The summed E-state index contributed by atoms with van der Waals surface area (Å²) in [5.74, 6) is -1.82. The van der Waals surface area contributed by atoms with E-state index in [2.05, 4.69) is 0 Å². The summed E-state index contributed by atoms with van der Waals surface area (Å²) in [6.07, 6.45) is 3.58. The number of rotatable bonds is 7. The number of methoxy groups -OCH3 is 1. The smallest absolute Gasteiger partial charge is 0.204 e. The molecule has 3 rings (SSSR count). The van der Waals surface area contributed by atoms with Crippen LogP contribution in [0.1, 0.15) is 44.1 Å². The maximum absolute atomic E-state index is 14.1. The Morgan fingerprint density at radius 1 is 0.857 bits per heavy atom. The SMILES string of the molecule is CCOc1ccc(C2CCC(COc3ccc(OC)c(F)c3F)CC2)cc1F. The zero-order valence-corrected chi connectivity index (χ0v) is 16.1. The van der Waals surface area contributed by atoms with Gasteiger partial charge in [0.2, 0.25) is 11.6 Å². The topological polar surface area (TPSA) is 27.7 Å². The molecule has 0 heterocycles. The van der Waals surface area contributed by atoms with Crippen molar-refractivity contribution in [2.24, 2.45) is 5.92 Å². The van der Waals surface area contributed by atoms with Gasteiger partial charge in [0.15, 0.2) is 23.1 Å². The molecule has 28 heavy (non-hydrogen) atoms. The van der Waals surface area contributed by atoms with Gasteiger partial charge in [-0.25, -0.2) is 4.39 Å². The molecule has 2 aromatic rings. The molecule has 0 atom stereocenters. The van der Waals surface area contributed by atoms with E-state index in [1.165, 1.54) is 19.2 Å². The predicted molar refractivity (Wildman–Crippen MR) is 101 cm³/mol. The monoisotopic (exact) mass is 394 g/mol. The molecular weight excluding hydrogens is 369 g/mol. The molecule has 1 saturated carbocycles. The molecule has 0 spiro atoms. The highest BCUT2D eigenvalue weighted by Crippen LogP contribution is 2.37. The molecule has 0 N–H and O–H groups in total. The molecule has 0 bridgehead atoms. The van der Waals surface area contributed by atoms with Crippen LogP contribution in [0, 0.1) is 23.4 Å². The summed E-state index contributed by atoms with van der Waals surface area (Å²) in [7, 11) is 1.28. The third kappa shape index (κ3) is 4.54. The second-order valence-electron chi connectivity index (χ2n) is 7.05. The van der Waals surface area contributed by atoms with Crippen molar-refractivity contribution in [2.45, 2.75) is 38.5 Å². The van der Waals surface area contributed by atoms with Gasteiger partial charge >= 0.3 is 0 Å². The fourth-order valence-electron chi connectivity index (χ4n) is 3.70. The summed E-state index contributed by atoms with van der Waals surface area (Å²) >= 11 is 0. The quantitative estimate of drug-likeness (QED) is 0.588. The number of halogens is 3. The van der Waals surface area contributed by atoms with E-state index >= 15 is 0 Å². The average molecular weight is 394 g/mol. The Labute approximate surface area is 163 Å². The standard InChI is InChI=1S/C22H25F3O3/c1-3-27-18-9-8-16(12-17(18)23)15-6-4-14(5-7-15)13-28-20-11-10-19(26-2)21(24)22(20)25/h8-12,14-15H,3-7,13H2,1-2H3. The summed E-state index contributed by atoms with van der Waals surface area (Å²) < 4.78 is 57.3. The molecule has 0 aliphatic heterocycles. The highest BCUT2D eigenvalue weighted by atomic mass is 19.2. The molecule has 0 radical (unpaired) electrons. The van der Waals surface area contributed by atoms with Crippen molar-refractivity contribution in [3.63, 3.8) is 0 Å². The Bertz CT molecular complexity index is 802. The number of hydrogen-bond donors (Lipinski definition) is 0. The first kappa shape index (κ1) is 20.4. The zero-order chi connectivity index (χ0) is 20.1. The van der Waals surface area contributed by atoms with Gasteiger partial charge in [-0.2, -0.15) is 8.78 Å². The van der Waals surface area contributed by atoms with Crippen molar-refractivity contribution >= 4 is 0 Å². The normalized spacial score (nSPS) is 19.3.